The van der Waals surface area contributed by atoms with Gasteiger partial charge in [-0.25, -0.2) is 4.98 Å². The van der Waals surface area contributed by atoms with E-state index < -0.39 is 0 Å². The van der Waals surface area contributed by atoms with Gasteiger partial charge in [-0.1, -0.05) is 31.2 Å². The topological polar surface area (TPSA) is 37.8 Å². The van der Waals surface area contributed by atoms with Crippen molar-refractivity contribution in [1.29, 1.82) is 0 Å². The van der Waals surface area contributed by atoms with Crippen molar-refractivity contribution in [3.63, 3.8) is 0 Å². The van der Waals surface area contributed by atoms with Gasteiger partial charge in [-0.2, -0.15) is 0 Å². The number of hydrogen-bond acceptors (Lipinski definition) is 4. The van der Waals surface area contributed by atoms with Crippen molar-refractivity contribution >= 4 is 22.2 Å². The number of nitrogens with zero attached hydrogens (tertiary/aromatic N) is 2. The summed E-state index contributed by atoms with van der Waals surface area (Å²) < 4.78 is 0. The number of rotatable bonds is 5. The lowest BCUT2D eigenvalue weighted by atomic mass is 10.0. The molecule has 0 bridgehead atoms. The van der Waals surface area contributed by atoms with Gasteiger partial charge in [0, 0.05) is 35.6 Å². The third kappa shape index (κ3) is 2.71. The lowest BCUT2D eigenvalue weighted by Gasteiger charge is -2.18. The van der Waals surface area contributed by atoms with Crippen LogP contribution in [0.5, 0.6) is 0 Å². The molecule has 0 spiro atoms. The highest BCUT2D eigenvalue weighted by Crippen LogP contribution is 2.25. The number of benzene rings is 1. The molecule has 4 heteroatoms. The zero-order valence-corrected chi connectivity index (χ0v) is 12.2. The van der Waals surface area contributed by atoms with Gasteiger partial charge in [-0.15, -0.1) is 11.3 Å². The van der Waals surface area contributed by atoms with Crippen LogP contribution in [0.1, 0.15) is 23.5 Å². The van der Waals surface area contributed by atoms with E-state index in [4.69, 9.17) is 0 Å². The predicted molar refractivity (Wildman–Crippen MR) is 84.0 cm³/mol. The Balaban J connectivity index is 2.00. The number of nitrogens with one attached hydrogen (secondary N) is 1. The minimum absolute atomic E-state index is 0.254. The van der Waals surface area contributed by atoms with Crippen LogP contribution >= 0.6 is 11.3 Å². The van der Waals surface area contributed by atoms with Crippen LogP contribution in [0.3, 0.4) is 0 Å². The van der Waals surface area contributed by atoms with E-state index in [9.17, 15) is 0 Å². The first-order chi connectivity index (χ1) is 9.88. The Hall–Kier alpha value is -1.78. The number of para-hydroxylation sites is 1. The van der Waals surface area contributed by atoms with Crippen molar-refractivity contribution in [3.05, 3.63) is 58.7 Å². The molecule has 102 valence electrons. The summed E-state index contributed by atoms with van der Waals surface area (Å²) in [4.78, 5) is 8.96. The van der Waals surface area contributed by atoms with Gasteiger partial charge in [0.1, 0.15) is 0 Å². The Labute approximate surface area is 122 Å². The maximum Gasteiger partial charge on any atom is 0.0943 e. The average Bonchev–Trinajstić information content (AvgIpc) is 2.99. The fourth-order valence-electron chi connectivity index (χ4n) is 2.48. The first kappa shape index (κ1) is 13.2. The fraction of sp³-hybridized carbons (Fsp3) is 0.250. The first-order valence-electron chi connectivity index (χ1n) is 6.84. The molecule has 2 heterocycles. The van der Waals surface area contributed by atoms with Crippen molar-refractivity contribution in [2.75, 3.05) is 6.54 Å². The van der Waals surface area contributed by atoms with Crippen molar-refractivity contribution in [2.24, 2.45) is 0 Å². The molecule has 0 radical (unpaired) electrons. The molecule has 0 saturated heterocycles. The summed E-state index contributed by atoms with van der Waals surface area (Å²) in [6.45, 7) is 3.06. The number of likely N-dealkylation sites (N-methyl/N-ethyl adjacent to an activating group) is 1. The highest BCUT2D eigenvalue weighted by molar-refractivity contribution is 7.09. The van der Waals surface area contributed by atoms with Crippen molar-refractivity contribution in [2.45, 2.75) is 19.4 Å². The maximum absolute atomic E-state index is 4.56. The molecule has 1 atom stereocenters. The van der Waals surface area contributed by atoms with E-state index in [1.807, 2.05) is 23.8 Å². The van der Waals surface area contributed by atoms with Crippen LogP contribution in [0, 0.1) is 0 Å². The monoisotopic (exact) mass is 283 g/mol. The summed E-state index contributed by atoms with van der Waals surface area (Å²) in [7, 11) is 0. The SMILES string of the molecule is CCNC(Cc1nccs1)c1cccc2cccnc12. The molecule has 1 aromatic carbocycles. The number of pyridine rings is 1. The van der Waals surface area contributed by atoms with Gasteiger partial charge in [-0.05, 0) is 18.2 Å². The third-order valence-corrected chi connectivity index (χ3v) is 4.15. The molecule has 1 N–H and O–H groups in total. The molecule has 0 aliphatic heterocycles. The van der Waals surface area contributed by atoms with Gasteiger partial charge < -0.3 is 5.32 Å². The van der Waals surface area contributed by atoms with E-state index in [0.717, 1.165) is 23.5 Å². The highest BCUT2D eigenvalue weighted by Gasteiger charge is 2.15. The van der Waals surface area contributed by atoms with Crippen LogP contribution in [0.4, 0.5) is 0 Å². The summed E-state index contributed by atoms with van der Waals surface area (Å²) in [5.74, 6) is 0. The maximum atomic E-state index is 4.56. The van der Waals surface area contributed by atoms with Gasteiger partial charge in [-0.3, -0.25) is 4.98 Å². The molecule has 0 amide bonds. The zero-order chi connectivity index (χ0) is 13.8. The third-order valence-electron chi connectivity index (χ3n) is 3.35. The second-order valence-electron chi connectivity index (χ2n) is 4.66. The first-order valence-corrected chi connectivity index (χ1v) is 7.72. The predicted octanol–water partition coefficient (Wildman–Crippen LogP) is 3.58. The molecule has 3 nitrogen and oxygen atoms in total. The van der Waals surface area contributed by atoms with Crippen LogP contribution in [-0.2, 0) is 6.42 Å². The Morgan fingerprint density at radius 1 is 1.15 bits per heavy atom. The van der Waals surface area contributed by atoms with Crippen molar-refractivity contribution in [1.82, 2.24) is 15.3 Å². The van der Waals surface area contributed by atoms with Crippen LogP contribution in [0.25, 0.3) is 10.9 Å². The molecule has 0 aliphatic rings. The largest absolute Gasteiger partial charge is 0.310 e. The Morgan fingerprint density at radius 2 is 2.05 bits per heavy atom. The van der Waals surface area contributed by atoms with E-state index in [1.54, 1.807) is 11.3 Å². The molecule has 0 saturated carbocycles. The van der Waals surface area contributed by atoms with Gasteiger partial charge in [0.15, 0.2) is 0 Å². The summed E-state index contributed by atoms with van der Waals surface area (Å²) >= 11 is 1.71. The number of aromatic nitrogens is 2. The standard InChI is InChI=1S/C16H17N3S/c1-2-17-14(11-15-18-9-10-20-15)13-7-3-5-12-6-4-8-19-16(12)13/h3-10,14,17H,2,11H2,1H3. The minimum Gasteiger partial charge on any atom is -0.310 e. The van der Waals surface area contributed by atoms with Gasteiger partial charge in [0.05, 0.1) is 10.5 Å². The molecule has 3 rings (SSSR count). The van der Waals surface area contributed by atoms with E-state index in [2.05, 4.69) is 46.5 Å². The fourth-order valence-corrected chi connectivity index (χ4v) is 3.14. The van der Waals surface area contributed by atoms with Crippen LogP contribution in [0.2, 0.25) is 0 Å². The summed E-state index contributed by atoms with van der Waals surface area (Å²) in [5, 5.41) is 7.93. The van der Waals surface area contributed by atoms with Gasteiger partial charge in [0.2, 0.25) is 0 Å². The summed E-state index contributed by atoms with van der Waals surface area (Å²) in [5.41, 5.74) is 2.33. The van der Waals surface area contributed by atoms with E-state index in [0.29, 0.717) is 0 Å². The lowest BCUT2D eigenvalue weighted by molar-refractivity contribution is 0.551. The van der Waals surface area contributed by atoms with Crippen LogP contribution in [0.15, 0.2) is 48.1 Å². The van der Waals surface area contributed by atoms with Crippen LogP contribution in [-0.4, -0.2) is 16.5 Å². The molecular formula is C16H17N3S. The molecule has 3 aromatic rings. The number of thiazole rings is 1. The van der Waals surface area contributed by atoms with Crippen LogP contribution < -0.4 is 5.32 Å². The minimum atomic E-state index is 0.254. The Bertz CT molecular complexity index is 674. The highest BCUT2D eigenvalue weighted by atomic mass is 32.1. The average molecular weight is 283 g/mol. The summed E-state index contributed by atoms with van der Waals surface area (Å²) in [6.07, 6.45) is 4.63. The quantitative estimate of drug-likeness (QED) is 0.777. The number of hydrogen-bond donors (Lipinski definition) is 1. The Morgan fingerprint density at radius 3 is 2.85 bits per heavy atom. The van der Waals surface area contributed by atoms with Crippen molar-refractivity contribution in [3.8, 4) is 0 Å². The van der Waals surface area contributed by atoms with E-state index in [1.165, 1.54) is 10.9 Å². The second-order valence-corrected chi connectivity index (χ2v) is 5.64. The molecule has 20 heavy (non-hydrogen) atoms. The lowest BCUT2D eigenvalue weighted by Crippen LogP contribution is -2.23. The van der Waals surface area contributed by atoms with Crippen molar-refractivity contribution < 1.29 is 0 Å². The number of fused-ring (bicyclic) bond motifs is 1. The molecule has 0 fully saturated rings. The van der Waals surface area contributed by atoms with E-state index >= 15 is 0 Å². The van der Waals surface area contributed by atoms with Gasteiger partial charge in [0.25, 0.3) is 0 Å². The van der Waals surface area contributed by atoms with Gasteiger partial charge >= 0.3 is 0 Å². The zero-order valence-electron chi connectivity index (χ0n) is 11.4. The Kier molecular flexibility index (Phi) is 4.04. The smallest absolute Gasteiger partial charge is 0.0943 e. The summed E-state index contributed by atoms with van der Waals surface area (Å²) in [6, 6.07) is 10.7. The molecule has 2 aromatic heterocycles. The normalized spacial score (nSPS) is 12.7. The molecular weight excluding hydrogens is 266 g/mol. The van der Waals surface area contributed by atoms with E-state index in [-0.39, 0.29) is 6.04 Å². The molecule has 1 unspecified atom stereocenters. The second kappa shape index (κ2) is 6.11. The molecule has 0 aliphatic carbocycles.